The molecule has 1 atom stereocenters. The first-order valence-electron chi connectivity index (χ1n) is 8.27. The first-order valence-corrected chi connectivity index (χ1v) is 9.09. The Hall–Kier alpha value is -3.24. The van der Waals surface area contributed by atoms with E-state index in [0.29, 0.717) is 6.54 Å². The van der Waals surface area contributed by atoms with E-state index in [-0.39, 0.29) is 6.04 Å². The van der Waals surface area contributed by atoms with Crippen molar-refractivity contribution in [1.29, 1.82) is 5.26 Å². The van der Waals surface area contributed by atoms with E-state index < -0.39 is 0 Å². The van der Waals surface area contributed by atoms with Crippen LogP contribution in [0.1, 0.15) is 5.69 Å². The fraction of sp³-hybridized carbons (Fsp3) is 0.158. The summed E-state index contributed by atoms with van der Waals surface area (Å²) in [5, 5.41) is 13.6. The smallest absolute Gasteiger partial charge is 0.205 e. The van der Waals surface area contributed by atoms with Crippen LogP contribution in [0.5, 0.6) is 0 Å². The molecule has 0 bridgehead atoms. The lowest BCUT2D eigenvalue weighted by molar-refractivity contribution is 0.752. The number of anilines is 1. The van der Waals surface area contributed by atoms with Crippen molar-refractivity contribution in [3.05, 3.63) is 48.4 Å². The van der Waals surface area contributed by atoms with Gasteiger partial charge >= 0.3 is 0 Å². The number of fused-ring (bicyclic) bond motifs is 2. The molecule has 1 aliphatic rings. The van der Waals surface area contributed by atoms with Gasteiger partial charge in [-0.1, -0.05) is 6.07 Å². The zero-order valence-corrected chi connectivity index (χ0v) is 14.8. The van der Waals surface area contributed by atoms with Crippen LogP contribution >= 0.6 is 11.3 Å². The SMILES string of the molecule is Cc1cccc(-c2nc3n(c2-c2cc4cnccc4s2)CC(C#N)N3)n1. The van der Waals surface area contributed by atoms with E-state index in [1.165, 1.54) is 4.70 Å². The molecule has 7 heteroatoms. The van der Waals surface area contributed by atoms with Gasteiger partial charge < -0.3 is 9.88 Å². The third-order valence-corrected chi connectivity index (χ3v) is 5.60. The summed E-state index contributed by atoms with van der Waals surface area (Å²) in [5.41, 5.74) is 3.63. The molecule has 0 aliphatic carbocycles. The Morgan fingerprint density at radius 2 is 2.23 bits per heavy atom. The number of aryl methyl sites for hydroxylation is 1. The normalized spacial score (nSPS) is 15.6. The number of aromatic nitrogens is 4. The Kier molecular flexibility index (Phi) is 3.27. The summed E-state index contributed by atoms with van der Waals surface area (Å²) in [7, 11) is 0. The Labute approximate surface area is 153 Å². The minimum atomic E-state index is -0.258. The van der Waals surface area contributed by atoms with E-state index >= 15 is 0 Å². The molecule has 1 N–H and O–H groups in total. The average molecular weight is 358 g/mol. The highest BCUT2D eigenvalue weighted by Crippen LogP contribution is 2.41. The predicted molar refractivity (Wildman–Crippen MR) is 102 cm³/mol. The van der Waals surface area contributed by atoms with Gasteiger partial charge in [0, 0.05) is 28.2 Å². The quantitative estimate of drug-likeness (QED) is 0.589. The van der Waals surface area contributed by atoms with E-state index in [0.717, 1.165) is 39.0 Å². The van der Waals surface area contributed by atoms with Crippen molar-refractivity contribution in [3.63, 3.8) is 0 Å². The zero-order valence-electron chi connectivity index (χ0n) is 14.0. The van der Waals surface area contributed by atoms with Crippen LogP contribution in [0.4, 0.5) is 5.95 Å². The molecule has 1 unspecified atom stereocenters. The van der Waals surface area contributed by atoms with Gasteiger partial charge in [-0.3, -0.25) is 9.97 Å². The minimum Gasteiger partial charge on any atom is -0.338 e. The summed E-state index contributed by atoms with van der Waals surface area (Å²) in [6, 6.07) is 12.1. The van der Waals surface area contributed by atoms with Crippen LogP contribution in [0.2, 0.25) is 0 Å². The fourth-order valence-corrected chi connectivity index (χ4v) is 4.39. The summed E-state index contributed by atoms with van der Waals surface area (Å²) in [6.07, 6.45) is 3.68. The summed E-state index contributed by atoms with van der Waals surface area (Å²) in [5.74, 6) is 0.723. The molecular formula is C19H14N6S. The highest BCUT2D eigenvalue weighted by atomic mass is 32.1. The molecule has 0 radical (unpaired) electrons. The van der Waals surface area contributed by atoms with Gasteiger partial charge in [-0.2, -0.15) is 5.26 Å². The van der Waals surface area contributed by atoms with Crippen molar-refractivity contribution in [1.82, 2.24) is 19.5 Å². The Morgan fingerprint density at radius 3 is 3.04 bits per heavy atom. The molecule has 0 aromatic carbocycles. The van der Waals surface area contributed by atoms with Gasteiger partial charge in [0.05, 0.1) is 28.9 Å². The van der Waals surface area contributed by atoms with Crippen LogP contribution in [0.3, 0.4) is 0 Å². The van der Waals surface area contributed by atoms with Crippen LogP contribution in [0, 0.1) is 18.3 Å². The molecule has 1 aliphatic heterocycles. The molecule has 0 fully saturated rings. The van der Waals surface area contributed by atoms with Crippen LogP contribution < -0.4 is 5.32 Å². The molecule has 0 saturated heterocycles. The Morgan fingerprint density at radius 1 is 1.31 bits per heavy atom. The first-order chi connectivity index (χ1) is 12.7. The van der Waals surface area contributed by atoms with Crippen molar-refractivity contribution in [2.24, 2.45) is 0 Å². The van der Waals surface area contributed by atoms with E-state index in [4.69, 9.17) is 4.98 Å². The molecule has 4 aromatic rings. The van der Waals surface area contributed by atoms with Crippen LogP contribution in [0.25, 0.3) is 32.0 Å². The maximum atomic E-state index is 9.28. The third-order valence-electron chi connectivity index (χ3n) is 4.47. The number of pyridine rings is 2. The van der Waals surface area contributed by atoms with Crippen molar-refractivity contribution in [2.75, 3.05) is 5.32 Å². The topological polar surface area (TPSA) is 79.4 Å². The second kappa shape index (κ2) is 5.64. The standard InChI is InChI=1S/C19H14N6S/c1-11-3-2-4-14(22-11)17-18(25-10-13(8-20)23-19(25)24-17)16-7-12-9-21-6-5-15(12)26-16/h2-7,9,13H,10H2,1H3,(H,23,24). The van der Waals surface area contributed by atoms with E-state index in [2.05, 4.69) is 32.0 Å². The molecular weight excluding hydrogens is 344 g/mol. The van der Waals surface area contributed by atoms with Crippen LogP contribution in [-0.4, -0.2) is 25.6 Å². The van der Waals surface area contributed by atoms with E-state index in [1.54, 1.807) is 17.5 Å². The molecule has 0 saturated carbocycles. The van der Waals surface area contributed by atoms with Crippen molar-refractivity contribution in [3.8, 4) is 28.0 Å². The number of nitriles is 1. The number of hydrogen-bond donors (Lipinski definition) is 1. The summed E-state index contributed by atoms with van der Waals surface area (Å²) in [6.45, 7) is 2.55. The third kappa shape index (κ3) is 2.27. The van der Waals surface area contributed by atoms with Gasteiger partial charge in [0.1, 0.15) is 11.7 Å². The Bertz CT molecular complexity index is 1150. The lowest BCUT2D eigenvalue weighted by Gasteiger charge is -2.06. The second-order valence-corrected chi connectivity index (χ2v) is 7.34. The highest BCUT2D eigenvalue weighted by Gasteiger charge is 2.29. The van der Waals surface area contributed by atoms with Crippen molar-refractivity contribution in [2.45, 2.75) is 19.5 Å². The van der Waals surface area contributed by atoms with E-state index in [1.807, 2.05) is 37.4 Å². The monoisotopic (exact) mass is 358 g/mol. The minimum absolute atomic E-state index is 0.258. The molecule has 5 rings (SSSR count). The van der Waals surface area contributed by atoms with Crippen LogP contribution in [-0.2, 0) is 6.54 Å². The average Bonchev–Trinajstić information content (AvgIpc) is 3.32. The molecule has 5 heterocycles. The fourth-order valence-electron chi connectivity index (χ4n) is 3.30. The van der Waals surface area contributed by atoms with Gasteiger partial charge in [0.2, 0.25) is 5.95 Å². The predicted octanol–water partition coefficient (Wildman–Crippen LogP) is 3.85. The second-order valence-electron chi connectivity index (χ2n) is 6.26. The summed E-state index contributed by atoms with van der Waals surface area (Å²) in [4.78, 5) is 14.8. The lowest BCUT2D eigenvalue weighted by Crippen LogP contribution is -2.13. The molecule has 4 aromatic heterocycles. The zero-order chi connectivity index (χ0) is 17.7. The first kappa shape index (κ1) is 15.0. The molecule has 126 valence electrons. The number of rotatable bonds is 2. The maximum Gasteiger partial charge on any atom is 0.205 e. The van der Waals surface area contributed by atoms with Gasteiger partial charge in [-0.15, -0.1) is 11.3 Å². The van der Waals surface area contributed by atoms with E-state index in [9.17, 15) is 5.26 Å². The van der Waals surface area contributed by atoms with Gasteiger partial charge in [-0.05, 0) is 31.2 Å². The highest BCUT2D eigenvalue weighted by molar-refractivity contribution is 7.22. The van der Waals surface area contributed by atoms with Gasteiger partial charge in [-0.25, -0.2) is 4.98 Å². The Balaban J connectivity index is 1.75. The van der Waals surface area contributed by atoms with Gasteiger partial charge in [0.25, 0.3) is 0 Å². The molecule has 26 heavy (non-hydrogen) atoms. The van der Waals surface area contributed by atoms with Crippen molar-refractivity contribution < 1.29 is 0 Å². The molecule has 6 nitrogen and oxygen atoms in total. The number of hydrogen-bond acceptors (Lipinski definition) is 6. The number of nitrogens with zero attached hydrogens (tertiary/aromatic N) is 5. The summed E-state index contributed by atoms with van der Waals surface area (Å²) < 4.78 is 3.27. The number of imidazole rings is 1. The van der Waals surface area contributed by atoms with Crippen LogP contribution in [0.15, 0.2) is 42.7 Å². The van der Waals surface area contributed by atoms with Crippen molar-refractivity contribution >= 4 is 27.4 Å². The summed E-state index contributed by atoms with van der Waals surface area (Å²) >= 11 is 1.70. The lowest BCUT2D eigenvalue weighted by atomic mass is 10.1. The molecule has 0 amide bonds. The number of thiophene rings is 1. The van der Waals surface area contributed by atoms with Gasteiger partial charge in [0.15, 0.2) is 0 Å². The number of nitrogens with one attached hydrogen (secondary N) is 1. The maximum absolute atomic E-state index is 9.28. The molecule has 0 spiro atoms. The largest absolute Gasteiger partial charge is 0.338 e.